The van der Waals surface area contributed by atoms with Crippen LogP contribution in [0.5, 0.6) is 0 Å². The Morgan fingerprint density at radius 2 is 1.87 bits per heavy atom. The van der Waals surface area contributed by atoms with Crippen LogP contribution < -0.4 is 0 Å². The molecule has 2 aromatic rings. The summed E-state index contributed by atoms with van der Waals surface area (Å²) in [5.74, 6) is -0.642. The molecule has 30 heavy (non-hydrogen) atoms. The molecular weight excluding hydrogens is 421 g/mol. The Hall–Kier alpha value is -2.61. The smallest absolute Gasteiger partial charge is 0.416 e. The number of hydrogen-bond acceptors (Lipinski definition) is 4. The highest BCUT2D eigenvalue weighted by molar-refractivity contribution is 6.29. The van der Waals surface area contributed by atoms with Crippen molar-refractivity contribution in [1.29, 1.82) is 0 Å². The summed E-state index contributed by atoms with van der Waals surface area (Å²) in [5.41, 5.74) is -0.950. The van der Waals surface area contributed by atoms with Crippen molar-refractivity contribution in [3.8, 4) is 0 Å². The maximum absolute atomic E-state index is 13.3. The molecule has 1 amide bonds. The van der Waals surface area contributed by atoms with Crippen LogP contribution in [-0.2, 0) is 26.7 Å². The molecule has 1 aliphatic carbocycles. The van der Waals surface area contributed by atoms with Crippen molar-refractivity contribution in [1.82, 2.24) is 9.88 Å². The minimum Gasteiger partial charge on any atom is -0.449 e. The van der Waals surface area contributed by atoms with E-state index in [1.165, 1.54) is 18.3 Å². The number of hydrogen-bond donors (Lipinski definition) is 0. The van der Waals surface area contributed by atoms with Gasteiger partial charge in [0.05, 0.1) is 23.1 Å². The fourth-order valence-corrected chi connectivity index (χ4v) is 4.71. The lowest BCUT2D eigenvalue weighted by Crippen LogP contribution is -2.40. The highest BCUT2D eigenvalue weighted by Crippen LogP contribution is 2.52. The van der Waals surface area contributed by atoms with Crippen LogP contribution in [0.2, 0.25) is 5.15 Å². The van der Waals surface area contributed by atoms with Crippen LogP contribution in [0, 0.1) is 0 Å². The summed E-state index contributed by atoms with van der Waals surface area (Å²) in [6.07, 6.45) is -1.46. The van der Waals surface area contributed by atoms with E-state index in [2.05, 4.69) is 4.98 Å². The van der Waals surface area contributed by atoms with E-state index < -0.39 is 28.7 Å². The summed E-state index contributed by atoms with van der Waals surface area (Å²) in [5, 5.41) is 0.236. The zero-order valence-electron chi connectivity index (χ0n) is 15.6. The number of benzene rings is 1. The molecule has 1 aromatic heterocycles. The molecule has 1 atom stereocenters. The van der Waals surface area contributed by atoms with Gasteiger partial charge in [-0.2, -0.15) is 13.2 Å². The van der Waals surface area contributed by atoms with Crippen molar-refractivity contribution in [2.75, 3.05) is 13.1 Å². The number of amides is 1. The van der Waals surface area contributed by atoms with Gasteiger partial charge in [-0.05, 0) is 36.6 Å². The van der Waals surface area contributed by atoms with Gasteiger partial charge in [0, 0.05) is 24.7 Å². The number of ether oxygens (including phenoxy) is 1. The SMILES string of the molecule is O=C1OC2(CCN(C(=O)C3(c4ccc(C(F)(F)F)cc4)CC3)C2)c2cc(Cl)ncc21. The Morgan fingerprint density at radius 3 is 2.50 bits per heavy atom. The number of aromatic nitrogens is 1. The number of carbonyl (C=O) groups is 2. The fraction of sp³-hybridized carbons (Fsp3) is 0.381. The monoisotopic (exact) mass is 436 g/mol. The van der Waals surface area contributed by atoms with Crippen molar-refractivity contribution in [2.24, 2.45) is 0 Å². The van der Waals surface area contributed by atoms with Gasteiger partial charge in [0.25, 0.3) is 0 Å². The van der Waals surface area contributed by atoms with E-state index in [0.29, 0.717) is 42.5 Å². The first-order chi connectivity index (χ1) is 14.1. The van der Waals surface area contributed by atoms with Gasteiger partial charge in [-0.15, -0.1) is 0 Å². The van der Waals surface area contributed by atoms with Gasteiger partial charge in [0.1, 0.15) is 5.15 Å². The van der Waals surface area contributed by atoms with E-state index in [1.807, 2.05) is 0 Å². The van der Waals surface area contributed by atoms with E-state index in [9.17, 15) is 22.8 Å². The number of pyridine rings is 1. The third-order valence-corrected chi connectivity index (χ3v) is 6.52. The van der Waals surface area contributed by atoms with Gasteiger partial charge in [0.15, 0.2) is 5.60 Å². The number of fused-ring (bicyclic) bond motifs is 2. The number of esters is 1. The first-order valence-electron chi connectivity index (χ1n) is 9.51. The molecular formula is C21H16ClF3N2O3. The lowest BCUT2D eigenvalue weighted by Gasteiger charge is -2.27. The van der Waals surface area contributed by atoms with Gasteiger partial charge >= 0.3 is 12.1 Å². The molecule has 5 rings (SSSR count). The zero-order chi connectivity index (χ0) is 21.3. The number of carbonyl (C=O) groups excluding carboxylic acids is 2. The lowest BCUT2D eigenvalue weighted by atomic mass is 9.92. The predicted molar refractivity (Wildman–Crippen MR) is 99.9 cm³/mol. The van der Waals surface area contributed by atoms with Crippen molar-refractivity contribution in [3.63, 3.8) is 0 Å². The molecule has 1 spiro atoms. The van der Waals surface area contributed by atoms with Crippen LogP contribution in [0.4, 0.5) is 13.2 Å². The minimum absolute atomic E-state index is 0.149. The van der Waals surface area contributed by atoms with Crippen LogP contribution in [0.25, 0.3) is 0 Å². The van der Waals surface area contributed by atoms with Crippen molar-refractivity contribution < 1.29 is 27.5 Å². The standard InChI is InChI=1S/C21H16ClF3N2O3/c22-16-9-15-14(10-26-16)17(28)30-20(15)7-8-27(11-20)18(29)19(5-6-19)12-1-3-13(4-2-12)21(23,24)25/h1-4,9-10H,5-8,11H2. The summed E-state index contributed by atoms with van der Waals surface area (Å²) >= 11 is 6.00. The molecule has 1 unspecified atom stereocenters. The zero-order valence-corrected chi connectivity index (χ0v) is 16.4. The van der Waals surface area contributed by atoms with Gasteiger partial charge in [0.2, 0.25) is 5.91 Å². The average molecular weight is 437 g/mol. The molecule has 156 valence electrons. The van der Waals surface area contributed by atoms with E-state index in [1.54, 1.807) is 11.0 Å². The highest BCUT2D eigenvalue weighted by Gasteiger charge is 2.58. The number of halogens is 4. The summed E-state index contributed by atoms with van der Waals surface area (Å²) in [6.45, 7) is 0.571. The largest absolute Gasteiger partial charge is 0.449 e. The van der Waals surface area contributed by atoms with E-state index in [0.717, 1.165) is 12.1 Å². The molecule has 2 aliphatic heterocycles. The first kappa shape index (κ1) is 19.4. The third-order valence-electron chi connectivity index (χ3n) is 6.31. The Balaban J connectivity index is 1.40. The van der Waals surface area contributed by atoms with Crippen molar-refractivity contribution >= 4 is 23.5 Å². The van der Waals surface area contributed by atoms with Gasteiger partial charge in [-0.3, -0.25) is 4.79 Å². The summed E-state index contributed by atoms with van der Waals surface area (Å²) < 4.78 is 44.2. The molecule has 3 heterocycles. The quantitative estimate of drug-likeness (QED) is 0.525. The molecule has 0 radical (unpaired) electrons. The number of rotatable bonds is 2. The van der Waals surface area contributed by atoms with Crippen LogP contribution in [0.15, 0.2) is 36.5 Å². The summed E-state index contributed by atoms with van der Waals surface area (Å²) in [6, 6.07) is 6.39. The van der Waals surface area contributed by atoms with Crippen LogP contribution >= 0.6 is 11.6 Å². The van der Waals surface area contributed by atoms with E-state index in [4.69, 9.17) is 16.3 Å². The van der Waals surface area contributed by atoms with Crippen LogP contribution in [-0.4, -0.2) is 34.8 Å². The third kappa shape index (κ3) is 2.80. The maximum Gasteiger partial charge on any atom is 0.416 e. The van der Waals surface area contributed by atoms with Crippen LogP contribution in [0.1, 0.15) is 46.3 Å². The molecule has 0 N–H and O–H groups in total. The maximum atomic E-state index is 13.3. The Labute approximate surface area is 174 Å². The minimum atomic E-state index is -4.42. The molecule has 2 fully saturated rings. The van der Waals surface area contributed by atoms with Crippen molar-refractivity contribution in [2.45, 2.75) is 36.5 Å². The predicted octanol–water partition coefficient (Wildman–Crippen LogP) is 4.08. The second-order valence-electron chi connectivity index (χ2n) is 8.07. The fourth-order valence-electron chi connectivity index (χ4n) is 4.55. The van der Waals surface area contributed by atoms with Crippen LogP contribution in [0.3, 0.4) is 0 Å². The summed E-state index contributed by atoms with van der Waals surface area (Å²) in [7, 11) is 0. The molecule has 3 aliphatic rings. The number of nitrogens with zero attached hydrogens (tertiary/aromatic N) is 2. The average Bonchev–Trinajstić information content (AvgIpc) is 3.34. The molecule has 1 saturated heterocycles. The topological polar surface area (TPSA) is 59.5 Å². The summed E-state index contributed by atoms with van der Waals surface area (Å²) in [4.78, 5) is 31.2. The van der Waals surface area contributed by atoms with E-state index >= 15 is 0 Å². The first-order valence-corrected chi connectivity index (χ1v) is 9.89. The van der Waals surface area contributed by atoms with Crippen molar-refractivity contribution in [3.05, 3.63) is 63.9 Å². The number of alkyl halides is 3. The van der Waals surface area contributed by atoms with Gasteiger partial charge < -0.3 is 9.64 Å². The Bertz CT molecular complexity index is 1070. The lowest BCUT2D eigenvalue weighted by molar-refractivity contribution is -0.137. The highest BCUT2D eigenvalue weighted by atomic mass is 35.5. The van der Waals surface area contributed by atoms with E-state index in [-0.39, 0.29) is 17.6 Å². The molecule has 1 saturated carbocycles. The normalized spacial score (nSPS) is 24.1. The Kier molecular flexibility index (Phi) is 4.00. The molecule has 0 bridgehead atoms. The Morgan fingerprint density at radius 1 is 1.17 bits per heavy atom. The van der Waals surface area contributed by atoms with Gasteiger partial charge in [-0.25, -0.2) is 9.78 Å². The second-order valence-corrected chi connectivity index (χ2v) is 8.46. The van der Waals surface area contributed by atoms with Gasteiger partial charge in [-0.1, -0.05) is 23.7 Å². The second kappa shape index (κ2) is 6.20. The molecule has 9 heteroatoms. The number of likely N-dealkylation sites (tertiary alicyclic amines) is 1. The molecule has 5 nitrogen and oxygen atoms in total. The molecule has 1 aromatic carbocycles.